The quantitative estimate of drug-likeness (QED) is 0.421. The number of aryl methyl sites for hydroxylation is 2. The molecular weight excluding hydrogens is 516 g/mol. The van der Waals surface area contributed by atoms with Gasteiger partial charge in [0.1, 0.15) is 9.71 Å². The van der Waals surface area contributed by atoms with Gasteiger partial charge in [-0.05, 0) is 65.2 Å². The first kappa shape index (κ1) is 22.4. The Morgan fingerprint density at radius 3 is 2.69 bits per heavy atom. The summed E-state index contributed by atoms with van der Waals surface area (Å²) in [7, 11) is 0. The highest BCUT2D eigenvalue weighted by atomic mass is 79.9. The van der Waals surface area contributed by atoms with E-state index in [-0.39, 0.29) is 18.0 Å². The first-order chi connectivity index (χ1) is 15.2. The van der Waals surface area contributed by atoms with Crippen molar-refractivity contribution >= 4 is 49.6 Å². The number of hydrogen-bond acceptors (Lipinski definition) is 5. The molecule has 0 aliphatic heterocycles. The summed E-state index contributed by atoms with van der Waals surface area (Å²) < 4.78 is 3.20. The molecule has 1 N–H and O–H groups in total. The lowest BCUT2D eigenvalue weighted by Crippen LogP contribution is -2.38. The standard InChI is InChI=1S/C22H18BrClN4O3S/c1-12-7-14(5-6-25-12)9-26-19(29)18-11-28-21(32-18)13(2)20(30)27(22(28)31)10-15-3-4-17(24)16(23)8-15/h3-8,11H,9-10H2,1-2H3,(H,26,29). The van der Waals surface area contributed by atoms with Crippen LogP contribution in [0.5, 0.6) is 0 Å². The molecule has 1 aromatic carbocycles. The molecule has 4 aromatic rings. The average Bonchev–Trinajstić information content (AvgIpc) is 3.22. The Morgan fingerprint density at radius 1 is 1.19 bits per heavy atom. The summed E-state index contributed by atoms with van der Waals surface area (Å²) in [5, 5.41) is 3.39. The van der Waals surface area contributed by atoms with Gasteiger partial charge in [-0.2, -0.15) is 0 Å². The number of amides is 1. The van der Waals surface area contributed by atoms with Crippen molar-refractivity contribution in [1.82, 2.24) is 19.3 Å². The lowest BCUT2D eigenvalue weighted by Gasteiger charge is -2.08. The number of halogens is 2. The SMILES string of the molecule is Cc1cc(CNC(=O)c2cn3c(=O)n(Cc4ccc(Cl)c(Br)c4)c(=O)c(C)c3s2)ccn1. The molecule has 32 heavy (non-hydrogen) atoms. The molecule has 4 rings (SSSR count). The zero-order chi connectivity index (χ0) is 23.0. The highest BCUT2D eigenvalue weighted by Gasteiger charge is 2.18. The molecule has 1 amide bonds. The largest absolute Gasteiger partial charge is 0.347 e. The normalized spacial score (nSPS) is 11.1. The van der Waals surface area contributed by atoms with Gasteiger partial charge in [-0.15, -0.1) is 11.3 Å². The van der Waals surface area contributed by atoms with Crippen LogP contribution in [0.4, 0.5) is 0 Å². The fraction of sp³-hybridized carbons (Fsp3) is 0.182. The zero-order valence-corrected chi connectivity index (χ0v) is 20.3. The van der Waals surface area contributed by atoms with Crippen molar-refractivity contribution in [3.05, 3.63) is 100 Å². The molecule has 0 fully saturated rings. The van der Waals surface area contributed by atoms with Crippen LogP contribution in [-0.2, 0) is 13.1 Å². The molecule has 0 saturated carbocycles. The Kier molecular flexibility index (Phi) is 6.32. The lowest BCUT2D eigenvalue weighted by molar-refractivity contribution is 0.0954. The number of fused-ring (bicyclic) bond motifs is 1. The Balaban J connectivity index is 1.66. The van der Waals surface area contributed by atoms with E-state index in [4.69, 9.17) is 11.6 Å². The van der Waals surface area contributed by atoms with Crippen molar-refractivity contribution in [2.24, 2.45) is 0 Å². The predicted octanol–water partition coefficient (Wildman–Crippen LogP) is 3.93. The number of thiazole rings is 1. The minimum absolute atomic E-state index is 0.0932. The van der Waals surface area contributed by atoms with Crippen molar-refractivity contribution in [3.63, 3.8) is 0 Å². The van der Waals surface area contributed by atoms with Gasteiger partial charge in [0.15, 0.2) is 0 Å². The molecule has 0 atom stereocenters. The average molecular weight is 534 g/mol. The molecule has 0 aliphatic carbocycles. The van der Waals surface area contributed by atoms with Crippen LogP contribution in [-0.4, -0.2) is 19.9 Å². The summed E-state index contributed by atoms with van der Waals surface area (Å²) in [6.45, 7) is 3.97. The minimum atomic E-state index is -0.498. The first-order valence-corrected chi connectivity index (χ1v) is 11.6. The Labute approximate surface area is 200 Å². The summed E-state index contributed by atoms with van der Waals surface area (Å²) in [5.41, 5.74) is 2.06. The number of carbonyl (C=O) groups excluding carboxylic acids is 1. The van der Waals surface area contributed by atoms with Crippen LogP contribution in [0.1, 0.15) is 32.1 Å². The second-order valence-corrected chi connectivity index (χ2v) is 9.60. The topological polar surface area (TPSA) is 85.5 Å². The van der Waals surface area contributed by atoms with Gasteiger partial charge in [-0.25, -0.2) is 4.79 Å². The first-order valence-electron chi connectivity index (χ1n) is 9.64. The minimum Gasteiger partial charge on any atom is -0.347 e. The highest BCUT2D eigenvalue weighted by molar-refractivity contribution is 9.10. The second kappa shape index (κ2) is 9.01. The number of rotatable bonds is 5. The van der Waals surface area contributed by atoms with E-state index in [9.17, 15) is 14.4 Å². The third-order valence-corrected chi connectivity index (χ3v) is 7.38. The van der Waals surface area contributed by atoms with Crippen LogP contribution in [0.25, 0.3) is 4.83 Å². The molecular formula is C22H18BrClN4O3S. The molecule has 164 valence electrons. The van der Waals surface area contributed by atoms with E-state index >= 15 is 0 Å². The van der Waals surface area contributed by atoms with Gasteiger partial charge in [-0.1, -0.05) is 17.7 Å². The van der Waals surface area contributed by atoms with E-state index in [1.165, 1.54) is 10.6 Å². The Hall–Kier alpha value is -2.75. The van der Waals surface area contributed by atoms with Crippen molar-refractivity contribution < 1.29 is 4.79 Å². The van der Waals surface area contributed by atoms with Crippen LogP contribution in [0, 0.1) is 13.8 Å². The maximum Gasteiger partial charge on any atom is 0.336 e. The fourth-order valence-electron chi connectivity index (χ4n) is 3.31. The maximum atomic E-state index is 13.1. The molecule has 0 saturated heterocycles. The molecule has 0 radical (unpaired) electrons. The van der Waals surface area contributed by atoms with Gasteiger partial charge < -0.3 is 5.32 Å². The van der Waals surface area contributed by atoms with Crippen LogP contribution in [0.2, 0.25) is 5.02 Å². The summed E-state index contributed by atoms with van der Waals surface area (Å²) in [6, 6.07) is 8.95. The van der Waals surface area contributed by atoms with Crippen molar-refractivity contribution in [2.45, 2.75) is 26.9 Å². The summed E-state index contributed by atoms with van der Waals surface area (Å²) in [5.74, 6) is -0.312. The van der Waals surface area contributed by atoms with Crippen LogP contribution >= 0.6 is 38.9 Å². The van der Waals surface area contributed by atoms with Crippen LogP contribution < -0.4 is 16.6 Å². The van der Waals surface area contributed by atoms with E-state index in [0.29, 0.717) is 31.3 Å². The molecule has 3 heterocycles. The number of nitrogens with one attached hydrogen (secondary N) is 1. The number of carbonyl (C=O) groups is 1. The van der Waals surface area contributed by atoms with Gasteiger partial charge in [0.2, 0.25) is 0 Å². The van der Waals surface area contributed by atoms with Gasteiger partial charge >= 0.3 is 5.69 Å². The summed E-state index contributed by atoms with van der Waals surface area (Å²) in [4.78, 5) is 43.6. The summed E-state index contributed by atoms with van der Waals surface area (Å²) in [6.07, 6.45) is 3.17. The molecule has 0 aliphatic rings. The predicted molar refractivity (Wildman–Crippen MR) is 129 cm³/mol. The third kappa shape index (κ3) is 4.41. The lowest BCUT2D eigenvalue weighted by atomic mass is 10.2. The number of nitrogens with zero attached hydrogens (tertiary/aromatic N) is 3. The van der Waals surface area contributed by atoms with E-state index in [2.05, 4.69) is 26.2 Å². The third-order valence-electron chi connectivity index (χ3n) is 4.96. The van der Waals surface area contributed by atoms with Gasteiger partial charge in [0, 0.05) is 34.7 Å². The van der Waals surface area contributed by atoms with Gasteiger partial charge in [0.05, 0.1) is 11.6 Å². The molecule has 7 nitrogen and oxygen atoms in total. The number of pyridine rings is 1. The van der Waals surface area contributed by atoms with E-state index in [1.807, 2.05) is 19.1 Å². The molecule has 10 heteroatoms. The van der Waals surface area contributed by atoms with Crippen molar-refractivity contribution in [3.8, 4) is 0 Å². The van der Waals surface area contributed by atoms with Crippen LogP contribution in [0.3, 0.4) is 0 Å². The van der Waals surface area contributed by atoms with E-state index in [1.54, 1.807) is 31.3 Å². The number of benzene rings is 1. The second-order valence-electron chi connectivity index (χ2n) is 7.31. The maximum absolute atomic E-state index is 13.1. The number of hydrogen-bond donors (Lipinski definition) is 1. The van der Waals surface area contributed by atoms with Crippen LogP contribution in [0.15, 0.2) is 56.8 Å². The number of aromatic nitrogens is 3. The summed E-state index contributed by atoms with van der Waals surface area (Å²) >= 11 is 10.5. The van der Waals surface area contributed by atoms with Crippen molar-refractivity contribution in [1.29, 1.82) is 0 Å². The molecule has 0 spiro atoms. The molecule has 0 bridgehead atoms. The monoisotopic (exact) mass is 532 g/mol. The van der Waals surface area contributed by atoms with E-state index < -0.39 is 5.69 Å². The zero-order valence-electron chi connectivity index (χ0n) is 17.2. The highest BCUT2D eigenvalue weighted by Crippen LogP contribution is 2.23. The van der Waals surface area contributed by atoms with E-state index in [0.717, 1.165) is 32.7 Å². The van der Waals surface area contributed by atoms with Gasteiger partial charge in [0.25, 0.3) is 11.5 Å². The molecule has 3 aromatic heterocycles. The Morgan fingerprint density at radius 2 is 1.97 bits per heavy atom. The fourth-order valence-corrected chi connectivity index (χ4v) is 4.86. The van der Waals surface area contributed by atoms with Gasteiger partial charge in [-0.3, -0.25) is 23.5 Å². The smallest absolute Gasteiger partial charge is 0.336 e. The Bertz CT molecular complexity index is 1470. The van der Waals surface area contributed by atoms with Crippen molar-refractivity contribution in [2.75, 3.05) is 0 Å². The molecule has 0 unspecified atom stereocenters.